The molecule has 3 rings (SSSR count). The first-order chi connectivity index (χ1) is 11.9. The number of hydrogen-bond acceptors (Lipinski definition) is 4. The molecule has 0 aliphatic carbocycles. The summed E-state index contributed by atoms with van der Waals surface area (Å²) in [4.78, 5) is 26.1. The van der Waals surface area contributed by atoms with Gasteiger partial charge in [0.1, 0.15) is 5.75 Å². The quantitative estimate of drug-likeness (QED) is 0.871. The van der Waals surface area contributed by atoms with Crippen molar-refractivity contribution in [2.45, 2.75) is 56.7 Å². The van der Waals surface area contributed by atoms with Crippen LogP contribution in [0.1, 0.15) is 50.6 Å². The van der Waals surface area contributed by atoms with E-state index in [1.807, 2.05) is 24.3 Å². The lowest BCUT2D eigenvalue weighted by molar-refractivity contribution is -0.123. The first-order valence-electron chi connectivity index (χ1n) is 8.92. The van der Waals surface area contributed by atoms with Crippen LogP contribution >= 0.6 is 0 Å². The molecule has 0 bridgehead atoms. The molecule has 3 N–H and O–H groups in total. The number of carbonyl (C=O) groups excluding carboxylic acids is 2. The van der Waals surface area contributed by atoms with E-state index < -0.39 is 0 Å². The molecule has 1 aromatic carbocycles. The van der Waals surface area contributed by atoms with Crippen LogP contribution in [0.2, 0.25) is 0 Å². The minimum absolute atomic E-state index is 0.0241. The number of nitrogens with one attached hydrogen (secondary N) is 1. The Morgan fingerprint density at radius 1 is 1.44 bits per heavy atom. The summed E-state index contributed by atoms with van der Waals surface area (Å²) in [5.74, 6) is 0.540. The lowest BCUT2D eigenvalue weighted by Gasteiger charge is -2.37. The number of ether oxygens (including phenoxy) is 1. The number of methoxy groups -OCH3 is 1. The maximum Gasteiger partial charge on any atom is 0.231 e. The monoisotopic (exact) mass is 345 g/mol. The standard InChI is InChI=1S/C19H27N3O3/c1-19-11-15(13-6-5-7-14(10-13)25-2)22(12-17(20)23)16(19)8-3-4-9-18(24)21-19/h5-7,10,15-16H,3-4,8-9,11-12H2,1-2H3,(H2,20,23)(H,21,24)/t15-,16-,19-/m0/s1. The Hall–Kier alpha value is -2.08. The SMILES string of the molecule is COc1cccc([C@@H]2C[C@]3(C)NC(=O)CCCC[C@@H]3N2CC(N)=O)c1. The van der Waals surface area contributed by atoms with Gasteiger partial charge >= 0.3 is 0 Å². The van der Waals surface area contributed by atoms with Crippen LogP contribution in [-0.2, 0) is 9.59 Å². The van der Waals surface area contributed by atoms with Crippen molar-refractivity contribution in [3.05, 3.63) is 29.8 Å². The molecule has 2 aliphatic rings. The van der Waals surface area contributed by atoms with Crippen LogP contribution in [0.15, 0.2) is 24.3 Å². The molecule has 2 fully saturated rings. The second-order valence-electron chi connectivity index (χ2n) is 7.36. The van der Waals surface area contributed by atoms with Gasteiger partial charge in [0, 0.05) is 18.5 Å². The molecule has 0 spiro atoms. The average molecular weight is 345 g/mol. The van der Waals surface area contributed by atoms with Crippen molar-refractivity contribution in [3.63, 3.8) is 0 Å². The van der Waals surface area contributed by atoms with E-state index in [0.29, 0.717) is 6.42 Å². The van der Waals surface area contributed by atoms with Crippen LogP contribution in [0.4, 0.5) is 0 Å². The van der Waals surface area contributed by atoms with Gasteiger partial charge in [-0.1, -0.05) is 18.6 Å². The third-order valence-corrected chi connectivity index (χ3v) is 5.53. The Morgan fingerprint density at radius 2 is 2.24 bits per heavy atom. The highest BCUT2D eigenvalue weighted by atomic mass is 16.5. The number of carbonyl (C=O) groups is 2. The van der Waals surface area contributed by atoms with Gasteiger partial charge < -0.3 is 15.8 Å². The summed E-state index contributed by atoms with van der Waals surface area (Å²) >= 11 is 0. The zero-order valence-electron chi connectivity index (χ0n) is 15.0. The van der Waals surface area contributed by atoms with Gasteiger partial charge in [-0.2, -0.15) is 0 Å². The minimum atomic E-state index is -0.360. The summed E-state index contributed by atoms with van der Waals surface area (Å²) in [6.45, 7) is 2.28. The second-order valence-corrected chi connectivity index (χ2v) is 7.36. The van der Waals surface area contributed by atoms with Gasteiger partial charge in [0.2, 0.25) is 11.8 Å². The normalized spacial score (nSPS) is 30.1. The molecule has 2 amide bonds. The van der Waals surface area contributed by atoms with Crippen molar-refractivity contribution in [2.24, 2.45) is 5.73 Å². The molecule has 0 saturated carbocycles. The number of nitrogens with two attached hydrogens (primary N) is 1. The van der Waals surface area contributed by atoms with E-state index in [1.54, 1.807) is 7.11 Å². The van der Waals surface area contributed by atoms with Crippen LogP contribution in [0.5, 0.6) is 5.75 Å². The van der Waals surface area contributed by atoms with Crippen molar-refractivity contribution in [3.8, 4) is 5.75 Å². The number of nitrogens with zero attached hydrogens (tertiary/aromatic N) is 1. The number of amides is 2. The maximum absolute atomic E-state index is 12.2. The Labute approximate surface area is 148 Å². The van der Waals surface area contributed by atoms with Crippen molar-refractivity contribution in [2.75, 3.05) is 13.7 Å². The fourth-order valence-electron chi connectivity index (χ4n) is 4.42. The zero-order valence-corrected chi connectivity index (χ0v) is 15.0. The molecule has 136 valence electrons. The molecular formula is C19H27N3O3. The Bertz CT molecular complexity index is 663. The van der Waals surface area contributed by atoms with E-state index in [4.69, 9.17) is 10.5 Å². The van der Waals surface area contributed by atoms with Gasteiger partial charge in [-0.15, -0.1) is 0 Å². The highest BCUT2D eigenvalue weighted by molar-refractivity contribution is 5.78. The second kappa shape index (κ2) is 7.04. The molecule has 0 aromatic heterocycles. The predicted octanol–water partition coefficient (Wildman–Crippen LogP) is 1.74. The van der Waals surface area contributed by atoms with E-state index in [9.17, 15) is 9.59 Å². The first-order valence-corrected chi connectivity index (χ1v) is 8.92. The largest absolute Gasteiger partial charge is 0.497 e. The lowest BCUT2D eigenvalue weighted by atomic mass is 9.85. The summed E-state index contributed by atoms with van der Waals surface area (Å²) in [6.07, 6.45) is 4.14. The lowest BCUT2D eigenvalue weighted by Crippen LogP contribution is -2.56. The molecule has 2 heterocycles. The van der Waals surface area contributed by atoms with Gasteiger partial charge in [0.25, 0.3) is 0 Å². The fourth-order valence-corrected chi connectivity index (χ4v) is 4.42. The van der Waals surface area contributed by atoms with Gasteiger partial charge in [-0.05, 0) is 43.9 Å². The zero-order chi connectivity index (χ0) is 18.0. The molecule has 2 aliphatic heterocycles. The third kappa shape index (κ3) is 3.63. The molecular weight excluding hydrogens is 318 g/mol. The van der Waals surface area contributed by atoms with Crippen molar-refractivity contribution >= 4 is 11.8 Å². The predicted molar refractivity (Wildman–Crippen MR) is 95.1 cm³/mol. The van der Waals surface area contributed by atoms with Crippen LogP contribution < -0.4 is 15.8 Å². The average Bonchev–Trinajstić information content (AvgIpc) is 2.81. The van der Waals surface area contributed by atoms with Crippen LogP contribution in [0, 0.1) is 0 Å². The Morgan fingerprint density at radius 3 is 2.96 bits per heavy atom. The highest BCUT2D eigenvalue weighted by Crippen LogP contribution is 2.45. The summed E-state index contributed by atoms with van der Waals surface area (Å²) in [7, 11) is 1.64. The van der Waals surface area contributed by atoms with Crippen LogP contribution in [0.3, 0.4) is 0 Å². The van der Waals surface area contributed by atoms with Gasteiger partial charge in [-0.25, -0.2) is 0 Å². The molecule has 3 atom stereocenters. The molecule has 0 radical (unpaired) electrons. The fraction of sp³-hybridized carbons (Fsp3) is 0.579. The molecule has 2 saturated heterocycles. The van der Waals surface area contributed by atoms with Gasteiger partial charge in [-0.3, -0.25) is 14.5 Å². The van der Waals surface area contributed by atoms with E-state index in [0.717, 1.165) is 37.0 Å². The summed E-state index contributed by atoms with van der Waals surface area (Å²) in [5, 5.41) is 3.22. The summed E-state index contributed by atoms with van der Waals surface area (Å²) < 4.78 is 5.35. The number of benzene rings is 1. The number of rotatable bonds is 4. The number of fused-ring (bicyclic) bond motifs is 1. The topological polar surface area (TPSA) is 84.7 Å². The van der Waals surface area contributed by atoms with E-state index in [1.165, 1.54) is 0 Å². The Kier molecular flexibility index (Phi) is 4.99. The molecule has 25 heavy (non-hydrogen) atoms. The molecule has 0 unspecified atom stereocenters. The van der Waals surface area contributed by atoms with E-state index in [2.05, 4.69) is 17.1 Å². The Balaban J connectivity index is 1.98. The van der Waals surface area contributed by atoms with Crippen LogP contribution in [0.25, 0.3) is 0 Å². The first kappa shape index (κ1) is 17.7. The van der Waals surface area contributed by atoms with Crippen molar-refractivity contribution < 1.29 is 14.3 Å². The minimum Gasteiger partial charge on any atom is -0.497 e. The van der Waals surface area contributed by atoms with E-state index in [-0.39, 0.29) is 36.0 Å². The summed E-state index contributed by atoms with van der Waals surface area (Å²) in [6, 6.07) is 8.03. The molecule has 6 nitrogen and oxygen atoms in total. The number of hydrogen-bond donors (Lipinski definition) is 2. The van der Waals surface area contributed by atoms with E-state index >= 15 is 0 Å². The number of primary amides is 1. The smallest absolute Gasteiger partial charge is 0.231 e. The van der Waals surface area contributed by atoms with Gasteiger partial charge in [0.15, 0.2) is 0 Å². The molecule has 6 heteroatoms. The third-order valence-electron chi connectivity index (χ3n) is 5.53. The van der Waals surface area contributed by atoms with Crippen LogP contribution in [-0.4, -0.2) is 41.9 Å². The van der Waals surface area contributed by atoms with Crippen molar-refractivity contribution in [1.82, 2.24) is 10.2 Å². The highest BCUT2D eigenvalue weighted by Gasteiger charge is 2.50. The maximum atomic E-state index is 12.2. The van der Waals surface area contributed by atoms with Crippen molar-refractivity contribution in [1.29, 1.82) is 0 Å². The summed E-state index contributed by atoms with van der Waals surface area (Å²) in [5.41, 5.74) is 6.26. The number of likely N-dealkylation sites (tertiary alicyclic amines) is 1. The molecule has 1 aromatic rings. The van der Waals surface area contributed by atoms with Gasteiger partial charge in [0.05, 0.1) is 19.2 Å².